The van der Waals surface area contributed by atoms with Crippen molar-refractivity contribution in [2.24, 2.45) is 0 Å². The van der Waals surface area contributed by atoms with Crippen LogP contribution >= 0.6 is 0 Å². The van der Waals surface area contributed by atoms with E-state index >= 15 is 0 Å². The summed E-state index contributed by atoms with van der Waals surface area (Å²) in [5, 5.41) is 9.57. The van der Waals surface area contributed by atoms with Gasteiger partial charge >= 0.3 is 0 Å². The van der Waals surface area contributed by atoms with Crippen LogP contribution in [-0.2, 0) is 16.1 Å². The summed E-state index contributed by atoms with van der Waals surface area (Å²) in [7, 11) is 1.55. The zero-order valence-corrected chi connectivity index (χ0v) is 10.3. The highest BCUT2D eigenvalue weighted by atomic mass is 16.5. The van der Waals surface area contributed by atoms with Gasteiger partial charge in [-0.1, -0.05) is 6.92 Å². The Bertz CT molecular complexity index is 356. The second-order valence-corrected chi connectivity index (χ2v) is 3.99. The summed E-state index contributed by atoms with van der Waals surface area (Å²) in [6.45, 7) is 6.10. The van der Waals surface area contributed by atoms with Crippen LogP contribution in [0.5, 0.6) is 0 Å². The molecule has 0 fully saturated rings. The number of aromatic nitrogens is 2. The predicted octanol–water partition coefficient (Wildman–Crippen LogP) is 1.15. The van der Waals surface area contributed by atoms with E-state index in [9.17, 15) is 4.79 Å². The normalized spacial score (nSPS) is 14.5. The van der Waals surface area contributed by atoms with E-state index in [0.717, 1.165) is 11.3 Å². The molecule has 0 radical (unpaired) electrons. The van der Waals surface area contributed by atoms with Crippen molar-refractivity contribution in [3.63, 3.8) is 0 Å². The first-order valence-electron chi connectivity index (χ1n) is 5.35. The molecule has 5 heteroatoms. The standard InChI is InChI=1S/C11H19N3O2/c1-5-11(3,16-4)10(15)12-6-9-7-13-14-8(9)2/h7H,5-6H2,1-4H3,(H,12,15)(H,13,14). The van der Waals surface area contributed by atoms with Gasteiger partial charge in [0.25, 0.3) is 5.91 Å². The number of hydrogen-bond acceptors (Lipinski definition) is 3. The number of methoxy groups -OCH3 is 1. The third kappa shape index (κ3) is 2.61. The number of rotatable bonds is 5. The molecule has 1 unspecified atom stereocenters. The second-order valence-electron chi connectivity index (χ2n) is 3.99. The molecule has 1 heterocycles. The molecule has 0 aliphatic carbocycles. The van der Waals surface area contributed by atoms with Crippen LogP contribution in [0.15, 0.2) is 6.20 Å². The summed E-state index contributed by atoms with van der Waals surface area (Å²) in [6, 6.07) is 0. The van der Waals surface area contributed by atoms with Gasteiger partial charge in [0, 0.05) is 24.9 Å². The number of carbonyl (C=O) groups is 1. The van der Waals surface area contributed by atoms with E-state index in [1.54, 1.807) is 20.2 Å². The zero-order valence-electron chi connectivity index (χ0n) is 10.3. The van der Waals surface area contributed by atoms with Crippen molar-refractivity contribution in [3.05, 3.63) is 17.5 Å². The minimum Gasteiger partial charge on any atom is -0.369 e. The average Bonchev–Trinajstić information content (AvgIpc) is 2.70. The summed E-state index contributed by atoms with van der Waals surface area (Å²) in [4.78, 5) is 11.9. The Morgan fingerprint density at radius 2 is 2.38 bits per heavy atom. The third-order valence-electron chi connectivity index (χ3n) is 2.98. The van der Waals surface area contributed by atoms with Gasteiger partial charge < -0.3 is 10.1 Å². The van der Waals surface area contributed by atoms with Crippen molar-refractivity contribution in [1.82, 2.24) is 15.5 Å². The fourth-order valence-corrected chi connectivity index (χ4v) is 1.31. The van der Waals surface area contributed by atoms with Crippen molar-refractivity contribution < 1.29 is 9.53 Å². The van der Waals surface area contributed by atoms with Gasteiger partial charge in [0.15, 0.2) is 0 Å². The first kappa shape index (κ1) is 12.7. The van der Waals surface area contributed by atoms with Gasteiger partial charge in [-0.15, -0.1) is 0 Å². The Hall–Kier alpha value is -1.36. The molecule has 0 spiro atoms. The molecule has 0 aliphatic rings. The number of aromatic amines is 1. The monoisotopic (exact) mass is 225 g/mol. The lowest BCUT2D eigenvalue weighted by atomic mass is 10.0. The Morgan fingerprint density at radius 3 is 2.81 bits per heavy atom. The van der Waals surface area contributed by atoms with Crippen LogP contribution in [0.3, 0.4) is 0 Å². The van der Waals surface area contributed by atoms with Crippen molar-refractivity contribution in [3.8, 4) is 0 Å². The number of amides is 1. The molecular formula is C11H19N3O2. The van der Waals surface area contributed by atoms with Crippen LogP contribution < -0.4 is 5.32 Å². The van der Waals surface area contributed by atoms with Gasteiger partial charge in [-0.3, -0.25) is 9.89 Å². The molecular weight excluding hydrogens is 206 g/mol. The van der Waals surface area contributed by atoms with E-state index in [-0.39, 0.29) is 5.91 Å². The van der Waals surface area contributed by atoms with Gasteiger partial charge in [-0.05, 0) is 20.3 Å². The van der Waals surface area contributed by atoms with Crippen molar-refractivity contribution in [2.45, 2.75) is 39.3 Å². The number of ether oxygens (including phenoxy) is 1. The average molecular weight is 225 g/mol. The molecule has 0 aliphatic heterocycles. The SMILES string of the molecule is CCC(C)(OC)C(=O)NCc1cn[nH]c1C. The molecule has 1 rings (SSSR count). The minimum absolute atomic E-state index is 0.0990. The molecule has 1 aromatic heterocycles. The van der Waals surface area contributed by atoms with E-state index < -0.39 is 5.60 Å². The Labute approximate surface area is 95.6 Å². The van der Waals surface area contributed by atoms with E-state index in [2.05, 4.69) is 15.5 Å². The summed E-state index contributed by atoms with van der Waals surface area (Å²) in [5.74, 6) is -0.0990. The summed E-state index contributed by atoms with van der Waals surface area (Å²) in [5.41, 5.74) is 1.20. The van der Waals surface area contributed by atoms with Crippen LogP contribution in [0, 0.1) is 6.92 Å². The number of nitrogens with one attached hydrogen (secondary N) is 2. The van der Waals surface area contributed by atoms with E-state index in [1.165, 1.54) is 0 Å². The van der Waals surface area contributed by atoms with E-state index in [4.69, 9.17) is 4.74 Å². The molecule has 0 bridgehead atoms. The quantitative estimate of drug-likeness (QED) is 0.790. The Morgan fingerprint density at radius 1 is 1.69 bits per heavy atom. The highest BCUT2D eigenvalue weighted by Gasteiger charge is 2.30. The largest absolute Gasteiger partial charge is 0.369 e. The molecule has 16 heavy (non-hydrogen) atoms. The molecule has 0 saturated heterocycles. The maximum Gasteiger partial charge on any atom is 0.252 e. The topological polar surface area (TPSA) is 67.0 Å². The van der Waals surface area contributed by atoms with Gasteiger partial charge in [-0.2, -0.15) is 5.10 Å². The predicted molar refractivity (Wildman–Crippen MR) is 60.9 cm³/mol. The second kappa shape index (κ2) is 5.12. The molecule has 1 atom stereocenters. The van der Waals surface area contributed by atoms with E-state index in [1.807, 2.05) is 13.8 Å². The molecule has 5 nitrogen and oxygen atoms in total. The van der Waals surface area contributed by atoms with Gasteiger partial charge in [-0.25, -0.2) is 0 Å². The van der Waals surface area contributed by atoms with Crippen molar-refractivity contribution >= 4 is 5.91 Å². The molecule has 0 aromatic carbocycles. The smallest absolute Gasteiger partial charge is 0.252 e. The summed E-state index contributed by atoms with van der Waals surface area (Å²) >= 11 is 0. The highest BCUT2D eigenvalue weighted by Crippen LogP contribution is 2.14. The Balaban J connectivity index is 2.56. The fraction of sp³-hybridized carbons (Fsp3) is 0.636. The number of carbonyl (C=O) groups excluding carboxylic acids is 1. The van der Waals surface area contributed by atoms with Crippen LogP contribution in [0.4, 0.5) is 0 Å². The van der Waals surface area contributed by atoms with E-state index in [0.29, 0.717) is 13.0 Å². The molecule has 2 N–H and O–H groups in total. The van der Waals surface area contributed by atoms with Gasteiger partial charge in [0.1, 0.15) is 5.60 Å². The maximum atomic E-state index is 11.9. The van der Waals surface area contributed by atoms with Crippen molar-refractivity contribution in [2.75, 3.05) is 7.11 Å². The lowest BCUT2D eigenvalue weighted by Gasteiger charge is -2.25. The number of hydrogen-bond donors (Lipinski definition) is 2. The molecule has 90 valence electrons. The zero-order chi connectivity index (χ0) is 12.2. The van der Waals surface area contributed by atoms with Crippen molar-refractivity contribution in [1.29, 1.82) is 0 Å². The first-order chi connectivity index (χ1) is 7.53. The number of aryl methyl sites for hydroxylation is 1. The number of H-pyrrole nitrogens is 1. The maximum absolute atomic E-state index is 11.9. The lowest BCUT2D eigenvalue weighted by Crippen LogP contribution is -2.45. The molecule has 1 aromatic rings. The van der Waals surface area contributed by atoms with Crippen LogP contribution in [0.2, 0.25) is 0 Å². The van der Waals surface area contributed by atoms with Crippen LogP contribution in [-0.4, -0.2) is 28.8 Å². The van der Waals surface area contributed by atoms with Crippen LogP contribution in [0.1, 0.15) is 31.5 Å². The Kier molecular flexibility index (Phi) is 4.06. The van der Waals surface area contributed by atoms with Gasteiger partial charge in [0.2, 0.25) is 0 Å². The summed E-state index contributed by atoms with van der Waals surface area (Å²) in [6.07, 6.45) is 2.35. The fourth-order valence-electron chi connectivity index (χ4n) is 1.31. The third-order valence-corrected chi connectivity index (χ3v) is 2.98. The highest BCUT2D eigenvalue weighted by molar-refractivity contribution is 5.84. The molecule has 1 amide bonds. The summed E-state index contributed by atoms with van der Waals surface area (Å²) < 4.78 is 5.21. The van der Waals surface area contributed by atoms with Crippen LogP contribution in [0.25, 0.3) is 0 Å². The minimum atomic E-state index is -0.752. The number of nitrogens with zero attached hydrogens (tertiary/aromatic N) is 1. The van der Waals surface area contributed by atoms with Gasteiger partial charge in [0.05, 0.1) is 6.20 Å². The lowest BCUT2D eigenvalue weighted by molar-refractivity contribution is -0.142. The molecule has 0 saturated carbocycles. The first-order valence-corrected chi connectivity index (χ1v) is 5.35.